The summed E-state index contributed by atoms with van der Waals surface area (Å²) in [7, 11) is 0. The molecule has 4 rings (SSSR count). The number of ether oxygens (including phenoxy) is 3. The molecule has 0 aliphatic carbocycles. The van der Waals surface area contributed by atoms with Crippen molar-refractivity contribution in [2.45, 2.75) is 64.8 Å². The topological polar surface area (TPSA) is 48.0 Å². The molecule has 0 N–H and O–H groups in total. The Bertz CT molecular complexity index is 1120. The van der Waals surface area contributed by atoms with Crippen molar-refractivity contribution >= 4 is 6.09 Å². The smallest absolute Gasteiger partial charge is 0.412 e. The van der Waals surface area contributed by atoms with E-state index in [4.69, 9.17) is 14.2 Å². The van der Waals surface area contributed by atoms with Crippen molar-refractivity contribution in [3.05, 3.63) is 95.6 Å². The molecule has 184 valence electrons. The average molecular weight is 474 g/mol. The lowest BCUT2D eigenvalue weighted by Crippen LogP contribution is -2.50. The highest BCUT2D eigenvalue weighted by Gasteiger charge is 2.45. The Labute approximate surface area is 208 Å². The summed E-state index contributed by atoms with van der Waals surface area (Å²) in [5, 5.41) is 0. The fraction of sp³-hybridized carbons (Fsp3) is 0.367. The van der Waals surface area contributed by atoms with Gasteiger partial charge in [-0.3, -0.25) is 4.90 Å². The molecule has 0 saturated carbocycles. The van der Waals surface area contributed by atoms with Crippen LogP contribution in [0.5, 0.6) is 11.5 Å². The van der Waals surface area contributed by atoms with Gasteiger partial charge in [0.05, 0.1) is 12.6 Å². The van der Waals surface area contributed by atoms with Crippen LogP contribution in [0.25, 0.3) is 0 Å². The van der Waals surface area contributed by atoms with Crippen molar-refractivity contribution in [2.75, 3.05) is 6.61 Å². The van der Waals surface area contributed by atoms with Gasteiger partial charge in [0, 0.05) is 0 Å². The van der Waals surface area contributed by atoms with Crippen LogP contribution in [0.15, 0.2) is 78.9 Å². The molecule has 1 aliphatic heterocycles. The molecule has 35 heavy (non-hydrogen) atoms. The molecule has 5 heteroatoms. The summed E-state index contributed by atoms with van der Waals surface area (Å²) >= 11 is 0. The van der Waals surface area contributed by atoms with Crippen LogP contribution in [0.2, 0.25) is 0 Å². The minimum atomic E-state index is -0.706. The number of nitrogens with zero attached hydrogens (tertiary/aromatic N) is 1. The van der Waals surface area contributed by atoms with Crippen molar-refractivity contribution in [1.29, 1.82) is 0 Å². The van der Waals surface area contributed by atoms with Gasteiger partial charge in [0.2, 0.25) is 0 Å². The number of benzene rings is 3. The maximum absolute atomic E-state index is 12.9. The summed E-state index contributed by atoms with van der Waals surface area (Å²) < 4.78 is 17.6. The first kappa shape index (κ1) is 24.8. The van der Waals surface area contributed by atoms with Crippen LogP contribution in [0, 0.1) is 0 Å². The van der Waals surface area contributed by atoms with E-state index < -0.39 is 11.3 Å². The maximum atomic E-state index is 12.9. The van der Waals surface area contributed by atoms with E-state index in [2.05, 4.69) is 36.4 Å². The molecule has 1 saturated heterocycles. The Morgan fingerprint density at radius 3 is 2.00 bits per heavy atom. The molecule has 5 nitrogen and oxygen atoms in total. The van der Waals surface area contributed by atoms with Crippen molar-refractivity contribution in [2.24, 2.45) is 0 Å². The van der Waals surface area contributed by atoms with E-state index in [1.165, 1.54) is 11.1 Å². The lowest BCUT2D eigenvalue weighted by Gasteiger charge is -2.35. The molecule has 1 amide bonds. The largest absolute Gasteiger partial charge is 0.457 e. The second-order valence-corrected chi connectivity index (χ2v) is 10.5. The van der Waals surface area contributed by atoms with Crippen molar-refractivity contribution < 1.29 is 19.0 Å². The third-order valence-electron chi connectivity index (χ3n) is 5.97. The fourth-order valence-corrected chi connectivity index (χ4v) is 4.32. The Balaban J connectivity index is 1.36. The summed E-state index contributed by atoms with van der Waals surface area (Å²) in [5.41, 5.74) is 2.38. The summed E-state index contributed by atoms with van der Waals surface area (Å²) in [4.78, 5) is 14.6. The zero-order valence-electron chi connectivity index (χ0n) is 21.3. The number of rotatable bonds is 6. The number of carbonyl (C=O) groups is 1. The highest BCUT2D eigenvalue weighted by molar-refractivity contribution is 5.69. The normalized spacial score (nSPS) is 17.3. The molecule has 3 aromatic carbocycles. The van der Waals surface area contributed by atoms with E-state index in [0.29, 0.717) is 13.0 Å². The van der Waals surface area contributed by atoms with Crippen molar-refractivity contribution in [1.82, 2.24) is 4.90 Å². The lowest BCUT2D eigenvalue weighted by atomic mass is 10.0. The van der Waals surface area contributed by atoms with Gasteiger partial charge < -0.3 is 14.2 Å². The van der Waals surface area contributed by atoms with Gasteiger partial charge in [0.1, 0.15) is 22.8 Å². The number of amides is 1. The minimum Gasteiger partial charge on any atom is -0.457 e. The molecule has 3 aromatic rings. The summed E-state index contributed by atoms with van der Waals surface area (Å²) in [6.45, 7) is 9.90. The Morgan fingerprint density at radius 2 is 1.43 bits per heavy atom. The molecule has 0 bridgehead atoms. The van der Waals surface area contributed by atoms with Crippen molar-refractivity contribution in [3.63, 3.8) is 0 Å². The van der Waals surface area contributed by atoms with Crippen LogP contribution < -0.4 is 4.74 Å². The van der Waals surface area contributed by atoms with Gasteiger partial charge >= 0.3 is 6.09 Å². The predicted octanol–water partition coefficient (Wildman–Crippen LogP) is 6.98. The minimum absolute atomic E-state index is 0.0937. The first-order chi connectivity index (χ1) is 16.6. The molecule has 1 fully saturated rings. The Kier molecular flexibility index (Phi) is 7.18. The zero-order valence-corrected chi connectivity index (χ0v) is 21.3. The molecular weight excluding hydrogens is 438 g/mol. The van der Waals surface area contributed by atoms with Crippen LogP contribution in [-0.4, -0.2) is 35.0 Å². The van der Waals surface area contributed by atoms with Gasteiger partial charge in [-0.25, -0.2) is 4.79 Å². The summed E-state index contributed by atoms with van der Waals surface area (Å²) in [6.07, 6.45) is 1.23. The summed E-state index contributed by atoms with van der Waals surface area (Å²) in [6, 6.07) is 26.5. The fourth-order valence-electron chi connectivity index (χ4n) is 4.32. The van der Waals surface area contributed by atoms with Crippen LogP contribution in [0.3, 0.4) is 0 Å². The molecule has 1 atom stereocenters. The van der Waals surface area contributed by atoms with E-state index in [9.17, 15) is 4.79 Å². The standard InChI is InChI=1S/C30H35NO4/c1-29(2,3)35-28(32)31-25(21-33-30(31,4)5)20-24-13-17-27(18-14-24)34-26-15-11-23(12-16-26)19-22-9-7-6-8-10-22/h6-18,25H,19-21H2,1-5H3. The van der Waals surface area contributed by atoms with Gasteiger partial charge in [-0.15, -0.1) is 0 Å². The molecule has 1 aliphatic rings. The molecule has 1 heterocycles. The third-order valence-corrected chi connectivity index (χ3v) is 5.97. The highest BCUT2D eigenvalue weighted by atomic mass is 16.6. The van der Waals surface area contributed by atoms with E-state index >= 15 is 0 Å². The number of carbonyl (C=O) groups excluding carboxylic acids is 1. The Morgan fingerprint density at radius 1 is 0.886 bits per heavy atom. The van der Waals surface area contributed by atoms with Gasteiger partial charge in [0.15, 0.2) is 0 Å². The van der Waals surface area contributed by atoms with E-state index in [0.717, 1.165) is 23.5 Å². The molecule has 0 spiro atoms. The van der Waals surface area contributed by atoms with Gasteiger partial charge in [0.25, 0.3) is 0 Å². The van der Waals surface area contributed by atoms with Crippen LogP contribution in [0.4, 0.5) is 4.79 Å². The first-order valence-electron chi connectivity index (χ1n) is 12.1. The second kappa shape index (κ2) is 10.1. The van der Waals surface area contributed by atoms with E-state index in [1.807, 2.05) is 77.1 Å². The lowest BCUT2D eigenvalue weighted by molar-refractivity contribution is -0.0624. The van der Waals surface area contributed by atoms with Gasteiger partial charge in [-0.1, -0.05) is 54.6 Å². The molecule has 1 unspecified atom stereocenters. The molecular formula is C30H35NO4. The van der Waals surface area contributed by atoms with E-state index in [1.54, 1.807) is 4.90 Å². The quantitative estimate of drug-likeness (QED) is 0.387. The maximum Gasteiger partial charge on any atom is 0.412 e. The summed E-state index contributed by atoms with van der Waals surface area (Å²) in [5.74, 6) is 1.58. The number of hydrogen-bond acceptors (Lipinski definition) is 4. The van der Waals surface area contributed by atoms with E-state index in [-0.39, 0.29) is 12.1 Å². The van der Waals surface area contributed by atoms with Gasteiger partial charge in [-0.2, -0.15) is 0 Å². The van der Waals surface area contributed by atoms with Crippen molar-refractivity contribution in [3.8, 4) is 11.5 Å². The Hall–Kier alpha value is -3.31. The zero-order chi connectivity index (χ0) is 25.1. The monoisotopic (exact) mass is 473 g/mol. The average Bonchev–Trinajstić information content (AvgIpc) is 3.10. The van der Waals surface area contributed by atoms with Crippen LogP contribution in [0.1, 0.15) is 51.3 Å². The van der Waals surface area contributed by atoms with Crippen LogP contribution in [-0.2, 0) is 22.3 Å². The molecule has 0 aromatic heterocycles. The third kappa shape index (κ3) is 6.64. The second-order valence-electron chi connectivity index (χ2n) is 10.5. The number of hydrogen-bond donors (Lipinski definition) is 0. The predicted molar refractivity (Wildman–Crippen MR) is 138 cm³/mol. The van der Waals surface area contributed by atoms with Crippen LogP contribution >= 0.6 is 0 Å². The van der Waals surface area contributed by atoms with Gasteiger partial charge in [-0.05, 0) is 88.4 Å². The first-order valence-corrected chi connectivity index (χ1v) is 12.1. The molecule has 0 radical (unpaired) electrons. The SMILES string of the molecule is CC(C)(C)OC(=O)N1C(Cc2ccc(Oc3ccc(Cc4ccccc4)cc3)cc2)COC1(C)C. The highest BCUT2D eigenvalue weighted by Crippen LogP contribution is 2.31.